The van der Waals surface area contributed by atoms with Crippen molar-refractivity contribution in [3.8, 4) is 0 Å². The average molecular weight is 306 g/mol. The number of carbonyl (C=O) groups excluding carboxylic acids is 3. The van der Waals surface area contributed by atoms with Crippen LogP contribution in [0.2, 0.25) is 0 Å². The van der Waals surface area contributed by atoms with Crippen LogP contribution in [0.15, 0.2) is 0 Å². The molecule has 0 saturated carbocycles. The molecule has 0 unspecified atom stereocenters. The summed E-state index contributed by atoms with van der Waals surface area (Å²) in [5.74, 6) is 0.556. The largest absolute Gasteiger partial charge is 0.469 e. The monoisotopic (exact) mass is 306 g/mol. The molecule has 0 N–H and O–H groups in total. The number of hydrogen-bond donors (Lipinski definition) is 0. The first kappa shape index (κ1) is 18.5. The smallest absolute Gasteiger partial charge is 0.305 e. The highest BCUT2D eigenvalue weighted by Gasteiger charge is 2.13. The molecule has 4 nitrogen and oxygen atoms in total. The molecule has 0 aliphatic rings. The Morgan fingerprint density at radius 1 is 1.05 bits per heavy atom. The van der Waals surface area contributed by atoms with Crippen LogP contribution in [-0.2, 0) is 19.1 Å². The summed E-state index contributed by atoms with van der Waals surface area (Å²) < 4.78 is 4.57. The van der Waals surface area contributed by atoms with Crippen molar-refractivity contribution in [2.45, 2.75) is 51.2 Å². The van der Waals surface area contributed by atoms with Crippen molar-refractivity contribution in [1.29, 1.82) is 0 Å². The van der Waals surface area contributed by atoms with E-state index in [9.17, 15) is 14.4 Å². The SMILES string of the molecule is COC(=O)CCCC[C@H](CCSC(C)=O)SC(C)=O. The Hall–Kier alpha value is -0.490. The van der Waals surface area contributed by atoms with Crippen molar-refractivity contribution in [3.63, 3.8) is 0 Å². The molecule has 0 aliphatic carbocycles. The van der Waals surface area contributed by atoms with E-state index >= 15 is 0 Å². The van der Waals surface area contributed by atoms with Gasteiger partial charge < -0.3 is 4.74 Å². The number of esters is 1. The lowest BCUT2D eigenvalue weighted by Crippen LogP contribution is -2.08. The van der Waals surface area contributed by atoms with Gasteiger partial charge in [-0.05, 0) is 19.3 Å². The maximum atomic E-state index is 11.2. The van der Waals surface area contributed by atoms with Gasteiger partial charge in [0.05, 0.1) is 7.11 Å². The molecule has 0 radical (unpaired) electrons. The molecule has 0 spiro atoms. The van der Waals surface area contributed by atoms with Gasteiger partial charge in [0.1, 0.15) is 0 Å². The molecular weight excluding hydrogens is 284 g/mol. The van der Waals surface area contributed by atoms with Crippen molar-refractivity contribution in [2.24, 2.45) is 0 Å². The zero-order valence-corrected chi connectivity index (χ0v) is 13.4. The minimum absolute atomic E-state index is 0.103. The second kappa shape index (κ2) is 11.3. The Kier molecular flexibility index (Phi) is 11.1. The number of ether oxygens (including phenoxy) is 1. The summed E-state index contributed by atoms with van der Waals surface area (Å²) >= 11 is 2.63. The molecular formula is C13H22O4S2. The maximum Gasteiger partial charge on any atom is 0.305 e. The summed E-state index contributed by atoms with van der Waals surface area (Å²) in [5.41, 5.74) is 0. The molecule has 0 bridgehead atoms. The third kappa shape index (κ3) is 12.3. The lowest BCUT2D eigenvalue weighted by Gasteiger charge is -2.13. The zero-order valence-electron chi connectivity index (χ0n) is 11.8. The van der Waals surface area contributed by atoms with Gasteiger partial charge in [0.2, 0.25) is 0 Å². The highest BCUT2D eigenvalue weighted by molar-refractivity contribution is 8.14. The van der Waals surface area contributed by atoms with Crippen LogP contribution in [0.4, 0.5) is 0 Å². The predicted molar refractivity (Wildman–Crippen MR) is 80.3 cm³/mol. The predicted octanol–water partition coefficient (Wildman–Crippen LogP) is 3.04. The Bertz CT molecular complexity index is 305. The summed E-state index contributed by atoms with van der Waals surface area (Å²) in [7, 11) is 1.38. The van der Waals surface area contributed by atoms with Gasteiger partial charge in [0, 0.05) is 31.3 Å². The van der Waals surface area contributed by atoms with Crippen LogP contribution in [0.25, 0.3) is 0 Å². The van der Waals surface area contributed by atoms with Gasteiger partial charge in [-0.2, -0.15) is 0 Å². The van der Waals surface area contributed by atoms with Gasteiger partial charge in [-0.15, -0.1) is 0 Å². The minimum atomic E-state index is -0.192. The molecule has 6 heteroatoms. The van der Waals surface area contributed by atoms with E-state index in [1.54, 1.807) is 13.8 Å². The van der Waals surface area contributed by atoms with E-state index in [-0.39, 0.29) is 21.4 Å². The molecule has 0 aromatic rings. The van der Waals surface area contributed by atoms with Crippen LogP contribution < -0.4 is 0 Å². The number of rotatable bonds is 9. The van der Waals surface area contributed by atoms with Crippen molar-refractivity contribution in [1.82, 2.24) is 0 Å². The molecule has 1 atom stereocenters. The van der Waals surface area contributed by atoms with E-state index in [0.717, 1.165) is 31.4 Å². The number of carbonyl (C=O) groups is 3. The number of hydrogen-bond acceptors (Lipinski definition) is 6. The van der Waals surface area contributed by atoms with Crippen molar-refractivity contribution in [2.75, 3.05) is 12.9 Å². The van der Waals surface area contributed by atoms with E-state index in [2.05, 4.69) is 4.74 Å². The fourth-order valence-corrected chi connectivity index (χ4v) is 3.40. The van der Waals surface area contributed by atoms with E-state index in [4.69, 9.17) is 0 Å². The highest BCUT2D eigenvalue weighted by Crippen LogP contribution is 2.23. The lowest BCUT2D eigenvalue weighted by molar-refractivity contribution is -0.140. The molecule has 0 aromatic carbocycles. The molecule has 0 amide bonds. The van der Waals surface area contributed by atoms with E-state index in [1.165, 1.54) is 30.6 Å². The van der Waals surface area contributed by atoms with Crippen molar-refractivity contribution < 1.29 is 19.1 Å². The Morgan fingerprint density at radius 2 is 1.74 bits per heavy atom. The minimum Gasteiger partial charge on any atom is -0.469 e. The molecule has 19 heavy (non-hydrogen) atoms. The molecule has 0 aromatic heterocycles. The van der Waals surface area contributed by atoms with Crippen LogP contribution >= 0.6 is 23.5 Å². The first-order valence-corrected chi connectivity index (χ1v) is 8.19. The first-order chi connectivity index (χ1) is 8.95. The van der Waals surface area contributed by atoms with Gasteiger partial charge in [-0.1, -0.05) is 29.9 Å². The third-order valence-corrected chi connectivity index (χ3v) is 4.45. The zero-order chi connectivity index (χ0) is 14.7. The summed E-state index contributed by atoms with van der Waals surface area (Å²) in [6.45, 7) is 3.11. The number of thioether (sulfide) groups is 2. The fraction of sp³-hybridized carbons (Fsp3) is 0.769. The molecule has 110 valence electrons. The molecule has 0 saturated heterocycles. The van der Waals surface area contributed by atoms with Crippen LogP contribution in [-0.4, -0.2) is 34.3 Å². The molecule has 0 rings (SSSR count). The number of unbranched alkanes of at least 4 members (excludes halogenated alkanes) is 1. The van der Waals surface area contributed by atoms with Crippen LogP contribution in [0.1, 0.15) is 46.0 Å². The topological polar surface area (TPSA) is 60.4 Å². The molecule has 0 aliphatic heterocycles. The van der Waals surface area contributed by atoms with Crippen molar-refractivity contribution >= 4 is 39.7 Å². The van der Waals surface area contributed by atoms with Crippen LogP contribution in [0.5, 0.6) is 0 Å². The summed E-state index contributed by atoms with van der Waals surface area (Å²) in [4.78, 5) is 33.0. The van der Waals surface area contributed by atoms with Crippen LogP contribution in [0, 0.1) is 0 Å². The van der Waals surface area contributed by atoms with Gasteiger partial charge in [-0.3, -0.25) is 14.4 Å². The van der Waals surface area contributed by atoms with Gasteiger partial charge in [0.25, 0.3) is 0 Å². The lowest BCUT2D eigenvalue weighted by atomic mass is 10.1. The standard InChI is InChI=1S/C13H22O4S2/c1-10(14)18-9-8-12(19-11(2)15)6-4-5-7-13(16)17-3/h12H,4-9H2,1-3H3/t12-/m1/s1. The van der Waals surface area contributed by atoms with Crippen molar-refractivity contribution in [3.05, 3.63) is 0 Å². The molecule has 0 heterocycles. The van der Waals surface area contributed by atoms with E-state index in [1.807, 2.05) is 0 Å². The normalized spacial score (nSPS) is 11.9. The van der Waals surface area contributed by atoms with E-state index in [0.29, 0.717) is 6.42 Å². The Balaban J connectivity index is 3.88. The fourth-order valence-electron chi connectivity index (χ4n) is 1.57. The second-order valence-corrected chi connectivity index (χ2v) is 6.93. The summed E-state index contributed by atoms with van der Waals surface area (Å²) in [5, 5.41) is 0.449. The average Bonchev–Trinajstić information content (AvgIpc) is 2.32. The second-order valence-electron chi connectivity index (χ2n) is 4.18. The third-order valence-electron chi connectivity index (χ3n) is 2.46. The summed E-state index contributed by atoms with van der Waals surface area (Å²) in [6.07, 6.45) is 3.83. The van der Waals surface area contributed by atoms with Gasteiger partial charge in [0.15, 0.2) is 10.2 Å². The quantitative estimate of drug-likeness (QED) is 0.482. The first-order valence-electron chi connectivity index (χ1n) is 6.33. The Morgan fingerprint density at radius 3 is 2.26 bits per heavy atom. The molecule has 0 fully saturated rings. The van der Waals surface area contributed by atoms with Crippen LogP contribution in [0.3, 0.4) is 0 Å². The maximum absolute atomic E-state index is 11.2. The summed E-state index contributed by atoms with van der Waals surface area (Å²) in [6, 6.07) is 0. The van der Waals surface area contributed by atoms with Gasteiger partial charge in [-0.25, -0.2) is 0 Å². The van der Waals surface area contributed by atoms with E-state index < -0.39 is 0 Å². The number of methoxy groups -OCH3 is 1. The van der Waals surface area contributed by atoms with Gasteiger partial charge >= 0.3 is 5.97 Å². The Labute approximate surface area is 123 Å². The highest BCUT2D eigenvalue weighted by atomic mass is 32.2.